The Balaban J connectivity index is 1.69. The number of carbonyl (C=O) groups excluding carboxylic acids is 3. The molecule has 0 saturated heterocycles. The maximum Gasteiger partial charge on any atom is 0.407 e. The van der Waals surface area contributed by atoms with Crippen LogP contribution in [0.15, 0.2) is 60.7 Å². The van der Waals surface area contributed by atoms with Crippen LogP contribution in [0.5, 0.6) is 17.2 Å². The number of halogens is 3. The second-order valence-corrected chi connectivity index (χ2v) is 17.7. The van der Waals surface area contributed by atoms with E-state index in [0.29, 0.717) is 12.8 Å². The van der Waals surface area contributed by atoms with E-state index in [4.69, 9.17) is 33.5 Å². The maximum atomic E-state index is 15.2. The van der Waals surface area contributed by atoms with Gasteiger partial charge in [-0.1, -0.05) is 83.1 Å². The fourth-order valence-electron chi connectivity index (χ4n) is 8.01. The Hall–Kier alpha value is -5.55. The van der Waals surface area contributed by atoms with Gasteiger partial charge in [0.15, 0.2) is 5.79 Å². The third kappa shape index (κ3) is 13.7. The van der Waals surface area contributed by atoms with Crippen molar-refractivity contribution in [3.8, 4) is 28.4 Å². The van der Waals surface area contributed by atoms with Crippen molar-refractivity contribution in [2.24, 2.45) is 11.3 Å². The molecule has 0 saturated carbocycles. The minimum Gasteiger partial charge on any atom is -0.496 e. The predicted octanol–water partition coefficient (Wildman–Crippen LogP) is 8.48. The van der Waals surface area contributed by atoms with Gasteiger partial charge in [-0.05, 0) is 59.8 Å². The lowest BCUT2D eigenvalue weighted by molar-refractivity contribution is -0.254. The molecule has 1 aliphatic carbocycles. The third-order valence-corrected chi connectivity index (χ3v) is 11.5. The molecule has 1 unspecified atom stereocenters. The third-order valence-electron chi connectivity index (χ3n) is 11.5. The number of carboxylic acids is 1. The van der Waals surface area contributed by atoms with Crippen LogP contribution >= 0.6 is 0 Å². The highest BCUT2D eigenvalue weighted by Gasteiger charge is 2.49. The molecule has 0 aromatic heterocycles. The summed E-state index contributed by atoms with van der Waals surface area (Å²) >= 11 is 0. The molecule has 0 aliphatic heterocycles. The van der Waals surface area contributed by atoms with Crippen LogP contribution in [-0.4, -0.2) is 106 Å². The summed E-state index contributed by atoms with van der Waals surface area (Å²) < 4.78 is 78.1. The molecule has 3 amide bonds. The molecule has 3 aromatic carbocycles. The highest BCUT2D eigenvalue weighted by Crippen LogP contribution is 2.45. The number of unbranched alkanes of at least 4 members (excludes halogenated alkanes) is 1. The van der Waals surface area contributed by atoms with E-state index in [-0.39, 0.29) is 60.7 Å². The first-order chi connectivity index (χ1) is 30.6. The van der Waals surface area contributed by atoms with E-state index in [1.807, 2.05) is 48.5 Å². The molecule has 3 N–H and O–H groups in total. The number of fused-ring (bicyclic) bond motifs is 3. The van der Waals surface area contributed by atoms with Gasteiger partial charge >= 0.3 is 18.2 Å². The van der Waals surface area contributed by atoms with E-state index in [1.165, 1.54) is 33.3 Å². The molecule has 65 heavy (non-hydrogen) atoms. The van der Waals surface area contributed by atoms with Crippen molar-refractivity contribution in [1.82, 2.24) is 15.5 Å². The average Bonchev–Trinajstić information content (AvgIpc) is 3.57. The second-order valence-electron chi connectivity index (χ2n) is 17.7. The largest absolute Gasteiger partial charge is 0.496 e. The van der Waals surface area contributed by atoms with E-state index in [2.05, 4.69) is 10.6 Å². The zero-order valence-corrected chi connectivity index (χ0v) is 38.9. The number of alkyl halides is 3. The van der Waals surface area contributed by atoms with Gasteiger partial charge in [-0.2, -0.15) is 13.2 Å². The van der Waals surface area contributed by atoms with Crippen LogP contribution in [-0.2, 0) is 35.1 Å². The topological polar surface area (TPSA) is 171 Å². The Morgan fingerprint density at radius 3 is 1.85 bits per heavy atom. The molecule has 3 atom stereocenters. The molecule has 17 heteroatoms. The normalized spacial score (nSPS) is 14.1. The van der Waals surface area contributed by atoms with Crippen molar-refractivity contribution in [2.45, 2.75) is 116 Å². The van der Waals surface area contributed by atoms with Crippen molar-refractivity contribution in [2.75, 3.05) is 41.7 Å². The Labute approximate surface area is 379 Å². The summed E-state index contributed by atoms with van der Waals surface area (Å²) in [4.78, 5) is 55.1. The highest BCUT2D eigenvalue weighted by atomic mass is 19.4. The molecular weight excluding hydrogens is 852 g/mol. The van der Waals surface area contributed by atoms with Crippen LogP contribution in [0, 0.1) is 11.3 Å². The first-order valence-electron chi connectivity index (χ1n) is 21.6. The zero-order valence-electron chi connectivity index (χ0n) is 38.9. The van der Waals surface area contributed by atoms with Gasteiger partial charge in [0.05, 0.1) is 45.4 Å². The predicted molar refractivity (Wildman–Crippen MR) is 237 cm³/mol. The number of carbonyl (C=O) groups is 4. The van der Waals surface area contributed by atoms with Crippen LogP contribution in [0.25, 0.3) is 11.1 Å². The minimum atomic E-state index is -4.84. The number of carboxylic acid groups (broad SMARTS) is 1. The van der Waals surface area contributed by atoms with Gasteiger partial charge in [-0.25, -0.2) is 4.79 Å². The molecule has 0 fully saturated rings. The van der Waals surface area contributed by atoms with E-state index >= 15 is 4.79 Å². The maximum absolute atomic E-state index is 15.2. The number of hydrogen-bond acceptors (Lipinski definition) is 10. The van der Waals surface area contributed by atoms with Crippen molar-refractivity contribution >= 4 is 23.9 Å². The van der Waals surface area contributed by atoms with Gasteiger partial charge in [0.1, 0.15) is 35.9 Å². The zero-order chi connectivity index (χ0) is 48.3. The molecular formula is C48H64F3N3O11. The number of rotatable bonds is 23. The molecule has 0 spiro atoms. The number of nitrogens with one attached hydrogen (secondary N) is 2. The van der Waals surface area contributed by atoms with Crippen LogP contribution in [0.4, 0.5) is 18.0 Å². The molecule has 3 aromatic rings. The van der Waals surface area contributed by atoms with Crippen molar-refractivity contribution in [3.63, 3.8) is 0 Å². The Bertz CT molecular complexity index is 2030. The number of alkyl carbamates (subject to hydrolysis) is 1. The fourth-order valence-corrected chi connectivity index (χ4v) is 8.01. The van der Waals surface area contributed by atoms with E-state index in [1.54, 1.807) is 34.6 Å². The number of methoxy groups -OCH3 is 4. The van der Waals surface area contributed by atoms with Gasteiger partial charge in [-0.3, -0.25) is 14.4 Å². The monoisotopic (exact) mass is 915 g/mol. The first kappa shape index (κ1) is 52.1. The lowest BCUT2D eigenvalue weighted by atomic mass is 9.85. The number of amides is 3. The van der Waals surface area contributed by atoms with Crippen molar-refractivity contribution in [3.05, 3.63) is 77.4 Å². The molecule has 14 nitrogen and oxygen atoms in total. The van der Waals surface area contributed by atoms with Crippen LogP contribution < -0.4 is 24.8 Å². The van der Waals surface area contributed by atoms with Gasteiger partial charge in [-0.15, -0.1) is 0 Å². The number of nitrogens with zero attached hydrogens (tertiary/aromatic N) is 1. The Kier molecular flexibility index (Phi) is 18.1. The quantitative estimate of drug-likeness (QED) is 0.0616. The van der Waals surface area contributed by atoms with E-state index in [9.17, 15) is 27.6 Å². The standard InChI is InChI=1S/C48H64F3N3O11/c1-29(2)23-37(52-43(57)42(46(3,4)5)53-45(59)65-28-36-33-19-13-11-17-31(33)32-18-12-14-20-34(32)36)44(58)54(40(26-48(49,50)51)47(6,62-9)63-10)27-35-38(60-7)24-30(25-39(35)61-8)64-22-16-15-21-41(55)56/h11-14,17-20,24-25,29,36-37,40,42H,15-16,21-23,26-28H2,1-10H3,(H,52,57)(H,53,59)(H,55,56)/t37-,40?,42+/m0/s1. The number of hydrogen-bond donors (Lipinski definition) is 3. The van der Waals surface area contributed by atoms with Gasteiger partial charge in [0.2, 0.25) is 11.8 Å². The van der Waals surface area contributed by atoms with Crippen molar-refractivity contribution in [1.29, 1.82) is 0 Å². The Morgan fingerprint density at radius 1 is 0.815 bits per heavy atom. The summed E-state index contributed by atoms with van der Waals surface area (Å²) in [6.45, 7) is 9.61. The summed E-state index contributed by atoms with van der Waals surface area (Å²) in [5.74, 6) is -4.67. The summed E-state index contributed by atoms with van der Waals surface area (Å²) in [5, 5.41) is 14.4. The molecule has 0 heterocycles. The van der Waals surface area contributed by atoms with E-state index < -0.39 is 72.3 Å². The lowest BCUT2D eigenvalue weighted by Crippen LogP contribution is -2.62. The number of ether oxygens (including phenoxy) is 6. The smallest absolute Gasteiger partial charge is 0.407 e. The highest BCUT2D eigenvalue weighted by molar-refractivity contribution is 5.92. The number of benzene rings is 3. The molecule has 1 aliphatic rings. The van der Waals surface area contributed by atoms with Gasteiger partial charge < -0.3 is 49.1 Å². The summed E-state index contributed by atoms with van der Waals surface area (Å²) in [5.41, 5.74) is 3.30. The first-order valence-corrected chi connectivity index (χ1v) is 21.6. The molecule has 0 radical (unpaired) electrons. The van der Waals surface area contributed by atoms with Crippen LogP contribution in [0.2, 0.25) is 0 Å². The van der Waals surface area contributed by atoms with E-state index in [0.717, 1.165) is 41.4 Å². The van der Waals surface area contributed by atoms with Crippen molar-refractivity contribution < 1.29 is 65.9 Å². The van der Waals surface area contributed by atoms with Crippen LogP contribution in [0.3, 0.4) is 0 Å². The lowest BCUT2D eigenvalue weighted by Gasteiger charge is -2.44. The summed E-state index contributed by atoms with van der Waals surface area (Å²) in [7, 11) is 4.99. The SMILES string of the molecule is COc1cc(OCCCCC(=O)O)cc(OC)c1CN(C(=O)[C@H](CC(C)C)NC(=O)[C@@H](NC(=O)OCC1c2ccccc2-c2ccccc21)C(C)(C)C)C(CC(F)(F)F)C(C)(OC)OC. The summed E-state index contributed by atoms with van der Waals surface area (Å²) in [6, 6.07) is 14.1. The van der Waals surface area contributed by atoms with Gasteiger partial charge in [0, 0.05) is 38.7 Å². The minimum absolute atomic E-state index is 0.0127. The van der Waals surface area contributed by atoms with Gasteiger partial charge in [0.25, 0.3) is 0 Å². The summed E-state index contributed by atoms with van der Waals surface area (Å²) in [6.07, 6.45) is -6.54. The fraction of sp³-hybridized carbons (Fsp3) is 0.542. The molecule has 358 valence electrons. The molecule has 0 bridgehead atoms. The number of aliphatic carboxylic acids is 1. The Morgan fingerprint density at radius 2 is 1.37 bits per heavy atom. The molecule has 4 rings (SSSR count). The average molecular weight is 916 g/mol. The second kappa shape index (κ2) is 22.6. The van der Waals surface area contributed by atoms with Crippen LogP contribution in [0.1, 0.15) is 96.3 Å².